The Hall–Kier alpha value is -2.80. The lowest BCUT2D eigenvalue weighted by Crippen LogP contribution is -2.53. The van der Waals surface area contributed by atoms with Crippen molar-refractivity contribution in [3.05, 3.63) is 65.2 Å². The van der Waals surface area contributed by atoms with E-state index in [1.54, 1.807) is 12.1 Å². The molecule has 7 heteroatoms. The topological polar surface area (TPSA) is 75.4 Å². The zero-order valence-electron chi connectivity index (χ0n) is 17.3. The van der Waals surface area contributed by atoms with E-state index in [2.05, 4.69) is 5.32 Å². The van der Waals surface area contributed by atoms with E-state index in [0.717, 1.165) is 49.8 Å². The van der Waals surface area contributed by atoms with E-state index in [1.165, 1.54) is 11.0 Å². The van der Waals surface area contributed by atoms with E-state index in [9.17, 15) is 18.4 Å². The fourth-order valence-electron chi connectivity index (χ4n) is 4.78. The number of rotatable bonds is 4. The van der Waals surface area contributed by atoms with Gasteiger partial charge in [-0.3, -0.25) is 9.59 Å². The average Bonchev–Trinajstić information content (AvgIpc) is 2.80. The third kappa shape index (κ3) is 4.32. The molecule has 164 valence electrons. The van der Waals surface area contributed by atoms with Crippen LogP contribution in [-0.2, 0) is 16.0 Å². The Morgan fingerprint density at radius 2 is 1.68 bits per heavy atom. The number of nitrogens with zero attached hydrogens (tertiary/aromatic N) is 1. The third-order valence-corrected chi connectivity index (χ3v) is 6.47. The molecule has 1 aliphatic heterocycles. The average molecular weight is 427 g/mol. The summed E-state index contributed by atoms with van der Waals surface area (Å²) in [7, 11) is 0. The molecule has 1 fully saturated rings. The summed E-state index contributed by atoms with van der Waals surface area (Å²) in [5.41, 5.74) is 7.45. The third-order valence-electron chi connectivity index (χ3n) is 6.47. The van der Waals surface area contributed by atoms with Gasteiger partial charge in [0.1, 0.15) is 23.4 Å². The highest BCUT2D eigenvalue weighted by molar-refractivity contribution is 5.99. The minimum atomic E-state index is -0.994. The molecular weight excluding hydrogens is 400 g/mol. The fraction of sp³-hybridized carbons (Fsp3) is 0.417. The molecule has 3 N–H and O–H groups in total. The maximum absolute atomic E-state index is 14.1. The Kier molecular flexibility index (Phi) is 6.32. The first-order valence-electron chi connectivity index (χ1n) is 10.9. The SMILES string of the molecule is N[C@H](C(=O)N1CCc2ccccc2[C@H]1C(=O)Nc1c(F)cccc1F)C1CCCCC1. The summed E-state index contributed by atoms with van der Waals surface area (Å²) in [6.07, 6.45) is 5.63. The number of fused-ring (bicyclic) bond motifs is 1. The first-order chi connectivity index (χ1) is 15.0. The lowest BCUT2D eigenvalue weighted by atomic mass is 9.83. The number of benzene rings is 2. The molecule has 0 bridgehead atoms. The second-order valence-electron chi connectivity index (χ2n) is 8.39. The first-order valence-corrected chi connectivity index (χ1v) is 10.9. The van der Waals surface area contributed by atoms with Gasteiger partial charge in [0.2, 0.25) is 5.91 Å². The monoisotopic (exact) mass is 427 g/mol. The van der Waals surface area contributed by atoms with Gasteiger partial charge in [0.25, 0.3) is 5.91 Å². The summed E-state index contributed by atoms with van der Waals surface area (Å²) in [5, 5.41) is 2.37. The maximum Gasteiger partial charge on any atom is 0.251 e. The molecule has 2 aromatic rings. The maximum atomic E-state index is 14.1. The van der Waals surface area contributed by atoms with E-state index in [0.29, 0.717) is 18.5 Å². The van der Waals surface area contributed by atoms with Gasteiger partial charge in [0, 0.05) is 6.54 Å². The largest absolute Gasteiger partial charge is 0.325 e. The number of halogens is 2. The number of anilines is 1. The lowest BCUT2D eigenvalue weighted by Gasteiger charge is -2.39. The highest BCUT2D eigenvalue weighted by atomic mass is 19.1. The molecule has 1 heterocycles. The van der Waals surface area contributed by atoms with Crippen molar-refractivity contribution in [3.63, 3.8) is 0 Å². The number of nitrogens with two attached hydrogens (primary N) is 1. The van der Waals surface area contributed by atoms with Crippen LogP contribution in [0.25, 0.3) is 0 Å². The van der Waals surface area contributed by atoms with Crippen LogP contribution in [0, 0.1) is 17.6 Å². The van der Waals surface area contributed by atoms with E-state index in [1.807, 2.05) is 12.1 Å². The molecule has 2 amide bonds. The van der Waals surface area contributed by atoms with Gasteiger partial charge in [-0.05, 0) is 48.4 Å². The molecule has 2 aromatic carbocycles. The van der Waals surface area contributed by atoms with Crippen molar-refractivity contribution in [1.82, 2.24) is 4.90 Å². The van der Waals surface area contributed by atoms with Crippen molar-refractivity contribution in [1.29, 1.82) is 0 Å². The molecule has 4 rings (SSSR count). The van der Waals surface area contributed by atoms with Gasteiger partial charge in [0.15, 0.2) is 0 Å². The van der Waals surface area contributed by atoms with Gasteiger partial charge in [-0.15, -0.1) is 0 Å². The summed E-state index contributed by atoms with van der Waals surface area (Å²) in [6.45, 7) is 0.327. The molecule has 0 aromatic heterocycles. The number of nitrogens with one attached hydrogen (secondary N) is 1. The predicted octanol–water partition coefficient (Wildman–Crippen LogP) is 3.94. The van der Waals surface area contributed by atoms with E-state index < -0.39 is 35.3 Å². The highest BCUT2D eigenvalue weighted by Crippen LogP contribution is 2.34. The molecule has 0 saturated heterocycles. The second kappa shape index (κ2) is 9.14. The molecule has 2 aliphatic rings. The van der Waals surface area contributed by atoms with Crippen LogP contribution in [0.2, 0.25) is 0 Å². The summed E-state index contributed by atoms with van der Waals surface area (Å²) >= 11 is 0. The van der Waals surface area contributed by atoms with Crippen LogP contribution in [-0.4, -0.2) is 29.3 Å². The highest BCUT2D eigenvalue weighted by Gasteiger charge is 2.39. The molecular formula is C24H27F2N3O2. The smallest absolute Gasteiger partial charge is 0.251 e. The van der Waals surface area contributed by atoms with Gasteiger partial charge in [-0.1, -0.05) is 49.6 Å². The van der Waals surface area contributed by atoms with E-state index >= 15 is 0 Å². The van der Waals surface area contributed by atoms with Crippen LogP contribution in [0.1, 0.15) is 49.3 Å². The number of hydrogen-bond acceptors (Lipinski definition) is 3. The van der Waals surface area contributed by atoms with Crippen molar-refractivity contribution in [2.75, 3.05) is 11.9 Å². The van der Waals surface area contributed by atoms with Gasteiger partial charge in [-0.25, -0.2) is 8.78 Å². The molecule has 0 spiro atoms. The minimum Gasteiger partial charge on any atom is -0.325 e. The van der Waals surface area contributed by atoms with Crippen molar-refractivity contribution >= 4 is 17.5 Å². The van der Waals surface area contributed by atoms with Crippen molar-refractivity contribution in [3.8, 4) is 0 Å². The predicted molar refractivity (Wildman–Crippen MR) is 114 cm³/mol. The lowest BCUT2D eigenvalue weighted by molar-refractivity contribution is -0.141. The number of amides is 2. The Bertz CT molecular complexity index is 955. The Morgan fingerprint density at radius 3 is 2.39 bits per heavy atom. The zero-order valence-corrected chi connectivity index (χ0v) is 17.3. The Morgan fingerprint density at radius 1 is 1.00 bits per heavy atom. The molecule has 0 unspecified atom stereocenters. The molecule has 31 heavy (non-hydrogen) atoms. The van der Waals surface area contributed by atoms with E-state index in [4.69, 9.17) is 5.73 Å². The Balaban J connectivity index is 1.64. The summed E-state index contributed by atoms with van der Waals surface area (Å²) in [4.78, 5) is 28.1. The molecule has 1 saturated carbocycles. The van der Waals surface area contributed by atoms with Crippen LogP contribution in [0.5, 0.6) is 0 Å². The number of carbonyl (C=O) groups excluding carboxylic acids is 2. The number of carbonyl (C=O) groups is 2. The normalized spacial score (nSPS) is 20.1. The minimum absolute atomic E-state index is 0.0890. The second-order valence-corrected chi connectivity index (χ2v) is 8.39. The van der Waals surface area contributed by atoms with Gasteiger partial charge >= 0.3 is 0 Å². The van der Waals surface area contributed by atoms with Crippen LogP contribution >= 0.6 is 0 Å². The van der Waals surface area contributed by atoms with Crippen LogP contribution < -0.4 is 11.1 Å². The van der Waals surface area contributed by atoms with Gasteiger partial charge in [-0.2, -0.15) is 0 Å². The van der Waals surface area contributed by atoms with Crippen molar-refractivity contribution < 1.29 is 18.4 Å². The number of para-hydroxylation sites is 1. The quantitative estimate of drug-likeness (QED) is 0.776. The molecule has 1 aliphatic carbocycles. The van der Waals surface area contributed by atoms with E-state index in [-0.39, 0.29) is 11.8 Å². The fourth-order valence-corrected chi connectivity index (χ4v) is 4.78. The first kappa shape index (κ1) is 21.4. The Labute approximate surface area is 180 Å². The van der Waals surface area contributed by atoms with Crippen molar-refractivity contribution in [2.24, 2.45) is 11.7 Å². The summed E-state index contributed by atoms with van der Waals surface area (Å²) in [5.74, 6) is -2.58. The van der Waals surface area contributed by atoms with Gasteiger partial charge in [0.05, 0.1) is 6.04 Å². The standard InChI is InChI=1S/C24H27F2N3O2/c25-18-11-6-12-19(26)21(18)28-23(30)22-17-10-5-4-7-15(17)13-14-29(22)24(31)20(27)16-8-2-1-3-9-16/h4-7,10-12,16,20,22H,1-3,8-9,13-14,27H2,(H,28,30)/t20-,22-/m0/s1. The zero-order chi connectivity index (χ0) is 22.0. The van der Waals surface area contributed by atoms with Crippen LogP contribution in [0.4, 0.5) is 14.5 Å². The molecule has 0 radical (unpaired) electrons. The molecule has 5 nitrogen and oxygen atoms in total. The van der Waals surface area contributed by atoms with Crippen molar-refractivity contribution in [2.45, 2.75) is 50.6 Å². The molecule has 2 atom stereocenters. The van der Waals surface area contributed by atoms with Crippen LogP contribution in [0.15, 0.2) is 42.5 Å². The van der Waals surface area contributed by atoms with Crippen LogP contribution in [0.3, 0.4) is 0 Å². The summed E-state index contributed by atoms with van der Waals surface area (Å²) < 4.78 is 28.3. The van der Waals surface area contributed by atoms with Gasteiger partial charge < -0.3 is 16.0 Å². The summed E-state index contributed by atoms with van der Waals surface area (Å²) in [6, 6.07) is 9.05. The number of hydrogen-bond donors (Lipinski definition) is 2.